The van der Waals surface area contributed by atoms with Crippen molar-refractivity contribution in [3.05, 3.63) is 70.5 Å². The minimum Gasteiger partial charge on any atom is -0.352 e. The van der Waals surface area contributed by atoms with Gasteiger partial charge in [0.05, 0.1) is 6.42 Å². The molecule has 0 fully saturated rings. The molecule has 0 bridgehead atoms. The van der Waals surface area contributed by atoms with Crippen LogP contribution in [0.3, 0.4) is 0 Å². The highest BCUT2D eigenvalue weighted by Crippen LogP contribution is 2.17. The Labute approximate surface area is 177 Å². The lowest BCUT2D eigenvalue weighted by molar-refractivity contribution is -0.141. The van der Waals surface area contributed by atoms with E-state index in [2.05, 4.69) is 5.32 Å². The van der Waals surface area contributed by atoms with Crippen molar-refractivity contribution in [1.29, 1.82) is 0 Å². The van der Waals surface area contributed by atoms with Gasteiger partial charge in [0.1, 0.15) is 11.9 Å². The Morgan fingerprint density at radius 3 is 2.34 bits per heavy atom. The van der Waals surface area contributed by atoms with Crippen LogP contribution in [0.25, 0.3) is 0 Å². The van der Waals surface area contributed by atoms with Crippen LogP contribution >= 0.6 is 11.6 Å². The van der Waals surface area contributed by atoms with Crippen molar-refractivity contribution < 1.29 is 14.0 Å². The normalized spacial score (nSPS) is 12.9. The fourth-order valence-electron chi connectivity index (χ4n) is 3.07. The smallest absolute Gasteiger partial charge is 0.243 e. The molecule has 0 spiro atoms. The molecule has 0 unspecified atom stereocenters. The molecule has 0 aromatic heterocycles. The van der Waals surface area contributed by atoms with Crippen LogP contribution in [0.5, 0.6) is 0 Å². The maximum absolute atomic E-state index is 13.3. The van der Waals surface area contributed by atoms with E-state index < -0.39 is 6.04 Å². The number of amides is 2. The van der Waals surface area contributed by atoms with Gasteiger partial charge in [-0.25, -0.2) is 4.39 Å². The summed E-state index contributed by atoms with van der Waals surface area (Å²) in [5.41, 5.74) is 1.55. The Bertz CT molecular complexity index is 826. The van der Waals surface area contributed by atoms with E-state index in [1.54, 1.807) is 35.2 Å². The molecule has 29 heavy (non-hydrogen) atoms. The zero-order chi connectivity index (χ0) is 21.4. The van der Waals surface area contributed by atoms with Gasteiger partial charge in [-0.05, 0) is 55.2 Å². The largest absolute Gasteiger partial charge is 0.352 e. The maximum atomic E-state index is 13.3. The first kappa shape index (κ1) is 22.9. The molecule has 0 saturated carbocycles. The van der Waals surface area contributed by atoms with Gasteiger partial charge in [0, 0.05) is 17.6 Å². The Hall–Kier alpha value is -2.40. The van der Waals surface area contributed by atoms with E-state index in [4.69, 9.17) is 11.6 Å². The molecule has 0 radical (unpaired) electrons. The first-order valence-electron chi connectivity index (χ1n) is 9.92. The second-order valence-corrected chi connectivity index (χ2v) is 7.63. The average Bonchev–Trinajstić information content (AvgIpc) is 2.69. The Kier molecular flexibility index (Phi) is 8.65. The second-order valence-electron chi connectivity index (χ2n) is 7.20. The monoisotopic (exact) mass is 418 g/mol. The summed E-state index contributed by atoms with van der Waals surface area (Å²) in [5.74, 6) is -0.696. The predicted molar refractivity (Wildman–Crippen MR) is 114 cm³/mol. The number of nitrogens with zero attached hydrogens (tertiary/aromatic N) is 1. The molecule has 0 heterocycles. The van der Waals surface area contributed by atoms with Crippen molar-refractivity contribution in [1.82, 2.24) is 10.2 Å². The van der Waals surface area contributed by atoms with Crippen LogP contribution in [0, 0.1) is 5.82 Å². The van der Waals surface area contributed by atoms with Crippen molar-refractivity contribution >= 4 is 23.4 Å². The van der Waals surface area contributed by atoms with Crippen molar-refractivity contribution in [3.63, 3.8) is 0 Å². The quantitative estimate of drug-likeness (QED) is 0.639. The summed E-state index contributed by atoms with van der Waals surface area (Å²) in [7, 11) is 0. The highest BCUT2D eigenvalue weighted by molar-refractivity contribution is 6.30. The van der Waals surface area contributed by atoms with E-state index >= 15 is 0 Å². The molecule has 0 aliphatic carbocycles. The maximum Gasteiger partial charge on any atom is 0.243 e. The lowest BCUT2D eigenvalue weighted by Gasteiger charge is -2.31. The molecule has 4 nitrogen and oxygen atoms in total. The molecule has 2 rings (SSSR count). The van der Waals surface area contributed by atoms with Crippen LogP contribution in [0.15, 0.2) is 48.5 Å². The van der Waals surface area contributed by atoms with E-state index in [0.717, 1.165) is 17.5 Å². The van der Waals surface area contributed by atoms with E-state index in [-0.39, 0.29) is 36.6 Å². The molecular formula is C23H28ClFN2O2. The Morgan fingerprint density at radius 1 is 1.07 bits per heavy atom. The van der Waals surface area contributed by atoms with Gasteiger partial charge in [0.2, 0.25) is 11.8 Å². The fourth-order valence-corrected chi connectivity index (χ4v) is 3.28. The van der Waals surface area contributed by atoms with Crippen LogP contribution in [-0.2, 0) is 22.6 Å². The Morgan fingerprint density at radius 2 is 1.76 bits per heavy atom. The van der Waals surface area contributed by atoms with Crippen LogP contribution < -0.4 is 5.32 Å². The SMILES string of the molecule is CC[C@H](C(=O)N[C@@H](C)CC)N(Cc1ccc(F)cc1)C(=O)Cc1cccc(Cl)c1. The van der Waals surface area contributed by atoms with E-state index in [1.807, 2.05) is 26.8 Å². The molecule has 2 amide bonds. The number of carbonyl (C=O) groups is 2. The summed E-state index contributed by atoms with van der Waals surface area (Å²) in [6.45, 7) is 6.03. The topological polar surface area (TPSA) is 49.4 Å². The van der Waals surface area contributed by atoms with Crippen LogP contribution in [0.1, 0.15) is 44.7 Å². The third kappa shape index (κ3) is 6.86. The predicted octanol–water partition coefficient (Wildman–Crippen LogP) is 4.74. The van der Waals surface area contributed by atoms with Crippen LogP contribution in [0.4, 0.5) is 4.39 Å². The molecule has 2 aromatic rings. The lowest BCUT2D eigenvalue weighted by Crippen LogP contribution is -2.51. The van der Waals surface area contributed by atoms with Crippen LogP contribution in [0.2, 0.25) is 5.02 Å². The average molecular weight is 419 g/mol. The molecule has 6 heteroatoms. The van der Waals surface area contributed by atoms with Crippen molar-refractivity contribution in [2.45, 2.75) is 58.7 Å². The summed E-state index contributed by atoms with van der Waals surface area (Å²) in [6.07, 6.45) is 1.41. The van der Waals surface area contributed by atoms with E-state index in [1.165, 1.54) is 12.1 Å². The Balaban J connectivity index is 2.28. The number of halogens is 2. The first-order chi connectivity index (χ1) is 13.8. The van der Waals surface area contributed by atoms with E-state index in [0.29, 0.717) is 11.4 Å². The number of hydrogen-bond donors (Lipinski definition) is 1. The number of benzene rings is 2. The highest BCUT2D eigenvalue weighted by Gasteiger charge is 2.29. The number of carbonyl (C=O) groups excluding carboxylic acids is 2. The van der Waals surface area contributed by atoms with Gasteiger partial charge in [-0.2, -0.15) is 0 Å². The zero-order valence-electron chi connectivity index (χ0n) is 17.1. The zero-order valence-corrected chi connectivity index (χ0v) is 17.9. The summed E-state index contributed by atoms with van der Waals surface area (Å²) in [6, 6.07) is 12.5. The summed E-state index contributed by atoms with van der Waals surface area (Å²) in [5, 5.41) is 3.53. The van der Waals surface area contributed by atoms with Crippen LogP contribution in [-0.4, -0.2) is 28.8 Å². The van der Waals surface area contributed by atoms with Gasteiger partial charge in [0.25, 0.3) is 0 Å². The molecule has 0 aliphatic rings. The van der Waals surface area contributed by atoms with E-state index in [9.17, 15) is 14.0 Å². The van der Waals surface area contributed by atoms with Gasteiger partial charge >= 0.3 is 0 Å². The van der Waals surface area contributed by atoms with Crippen molar-refractivity contribution in [2.24, 2.45) is 0 Å². The standard InChI is InChI=1S/C23H28ClFN2O2/c1-4-16(3)26-23(29)21(5-2)27(15-17-9-11-20(25)12-10-17)22(28)14-18-7-6-8-19(24)13-18/h6-13,16,21H,4-5,14-15H2,1-3H3,(H,26,29)/t16-,21+/m0/s1. The molecule has 2 atom stereocenters. The van der Waals surface area contributed by atoms with Gasteiger partial charge in [-0.3, -0.25) is 9.59 Å². The van der Waals surface area contributed by atoms with Gasteiger partial charge in [-0.15, -0.1) is 0 Å². The summed E-state index contributed by atoms with van der Waals surface area (Å²) >= 11 is 6.04. The molecule has 0 saturated heterocycles. The number of hydrogen-bond acceptors (Lipinski definition) is 2. The fraction of sp³-hybridized carbons (Fsp3) is 0.391. The lowest BCUT2D eigenvalue weighted by atomic mass is 10.1. The summed E-state index contributed by atoms with van der Waals surface area (Å²) in [4.78, 5) is 27.6. The third-order valence-corrected chi connectivity index (χ3v) is 5.13. The summed E-state index contributed by atoms with van der Waals surface area (Å²) < 4.78 is 13.3. The minimum atomic E-state index is -0.610. The molecule has 156 valence electrons. The first-order valence-corrected chi connectivity index (χ1v) is 10.3. The molecule has 0 aliphatic heterocycles. The minimum absolute atomic E-state index is 0.0206. The van der Waals surface area contributed by atoms with Gasteiger partial charge in [0.15, 0.2) is 0 Å². The highest BCUT2D eigenvalue weighted by atomic mass is 35.5. The number of nitrogens with one attached hydrogen (secondary N) is 1. The third-order valence-electron chi connectivity index (χ3n) is 4.90. The second kappa shape index (κ2) is 11.0. The molecule has 2 aromatic carbocycles. The van der Waals surface area contributed by atoms with Crippen molar-refractivity contribution in [3.8, 4) is 0 Å². The van der Waals surface area contributed by atoms with Crippen molar-refractivity contribution in [2.75, 3.05) is 0 Å². The molecule has 1 N–H and O–H groups in total. The van der Waals surface area contributed by atoms with Gasteiger partial charge < -0.3 is 10.2 Å². The molecular weight excluding hydrogens is 391 g/mol. The van der Waals surface area contributed by atoms with Gasteiger partial charge in [-0.1, -0.05) is 49.7 Å². The number of rotatable bonds is 9.